The summed E-state index contributed by atoms with van der Waals surface area (Å²) in [5.74, 6) is -0.0970. The molecule has 0 saturated heterocycles. The molecule has 0 saturated carbocycles. The Morgan fingerprint density at radius 1 is 1.53 bits per heavy atom. The highest BCUT2D eigenvalue weighted by Gasteiger charge is 2.18. The van der Waals surface area contributed by atoms with Crippen LogP contribution in [0.4, 0.5) is 5.69 Å². The van der Waals surface area contributed by atoms with Crippen molar-refractivity contribution in [1.82, 2.24) is 4.98 Å². The number of halogens is 1. The molecule has 19 heavy (non-hydrogen) atoms. The fourth-order valence-corrected chi connectivity index (χ4v) is 2.04. The smallest absolute Gasteiger partial charge is 0.225 e. The Labute approximate surface area is 119 Å². The van der Waals surface area contributed by atoms with Gasteiger partial charge in [0, 0.05) is 12.5 Å². The second-order valence-electron chi connectivity index (χ2n) is 6.11. The Balaban J connectivity index is 2.53. The molecule has 0 aliphatic heterocycles. The third kappa shape index (κ3) is 6.03. The Hall–Kier alpha value is -1.13. The number of rotatable bonds is 4. The Morgan fingerprint density at radius 3 is 2.68 bits per heavy atom. The molecule has 0 aliphatic carbocycles. The van der Waals surface area contributed by atoms with Gasteiger partial charge in [-0.15, -0.1) is 0 Å². The van der Waals surface area contributed by atoms with Crippen molar-refractivity contribution in [3.63, 3.8) is 0 Å². The van der Waals surface area contributed by atoms with Crippen LogP contribution in [0.2, 0.25) is 5.15 Å². The van der Waals surface area contributed by atoms with E-state index < -0.39 is 0 Å². The molecule has 0 aromatic carbocycles. The zero-order chi connectivity index (χ0) is 14.6. The van der Waals surface area contributed by atoms with Gasteiger partial charge in [-0.05, 0) is 30.4 Å². The number of aromatic nitrogens is 1. The number of nitrogens with zero attached hydrogens (tertiary/aromatic N) is 1. The molecule has 0 fully saturated rings. The standard InChI is InChI=1S/C14H22ClN3O/c1-9-5-11(8-17-13(9)15)18-12(19)6-10(16)7-14(2,3)4/h5,8,10H,6-7,16H2,1-4H3,(H,18,19). The van der Waals surface area contributed by atoms with Gasteiger partial charge in [-0.25, -0.2) is 4.98 Å². The SMILES string of the molecule is Cc1cc(NC(=O)CC(N)CC(C)(C)C)cnc1Cl. The normalized spacial score (nSPS) is 13.2. The number of hydrogen-bond acceptors (Lipinski definition) is 3. The maximum atomic E-state index is 11.9. The lowest BCUT2D eigenvalue weighted by atomic mass is 9.87. The maximum Gasteiger partial charge on any atom is 0.225 e. The molecular weight excluding hydrogens is 262 g/mol. The van der Waals surface area contributed by atoms with E-state index in [1.807, 2.05) is 6.92 Å². The minimum absolute atomic E-state index is 0.0970. The van der Waals surface area contributed by atoms with E-state index in [0.29, 0.717) is 17.3 Å². The number of carbonyl (C=O) groups is 1. The monoisotopic (exact) mass is 283 g/mol. The topological polar surface area (TPSA) is 68.0 Å². The first-order chi connectivity index (χ1) is 8.67. The van der Waals surface area contributed by atoms with Gasteiger partial charge >= 0.3 is 0 Å². The van der Waals surface area contributed by atoms with Crippen molar-refractivity contribution in [1.29, 1.82) is 0 Å². The summed E-state index contributed by atoms with van der Waals surface area (Å²) >= 11 is 5.83. The highest BCUT2D eigenvalue weighted by molar-refractivity contribution is 6.30. The first-order valence-corrected chi connectivity index (χ1v) is 6.73. The largest absolute Gasteiger partial charge is 0.327 e. The summed E-state index contributed by atoms with van der Waals surface area (Å²) in [7, 11) is 0. The molecular formula is C14H22ClN3O. The van der Waals surface area contributed by atoms with Crippen LogP contribution in [0, 0.1) is 12.3 Å². The lowest BCUT2D eigenvalue weighted by molar-refractivity contribution is -0.116. The first-order valence-electron chi connectivity index (χ1n) is 6.35. The lowest BCUT2D eigenvalue weighted by Gasteiger charge is -2.22. The predicted octanol–water partition coefficient (Wildman–Crippen LogP) is 3.14. The van der Waals surface area contributed by atoms with E-state index in [-0.39, 0.29) is 17.4 Å². The molecule has 106 valence electrons. The summed E-state index contributed by atoms with van der Waals surface area (Å²) < 4.78 is 0. The minimum Gasteiger partial charge on any atom is -0.327 e. The molecule has 0 radical (unpaired) electrons. The molecule has 5 heteroatoms. The zero-order valence-corrected chi connectivity index (χ0v) is 12.7. The molecule has 3 N–H and O–H groups in total. The zero-order valence-electron chi connectivity index (χ0n) is 12.0. The summed E-state index contributed by atoms with van der Waals surface area (Å²) in [4.78, 5) is 15.8. The van der Waals surface area contributed by atoms with Crippen LogP contribution in [0.1, 0.15) is 39.2 Å². The van der Waals surface area contributed by atoms with Gasteiger partial charge < -0.3 is 11.1 Å². The van der Waals surface area contributed by atoms with Crippen LogP contribution in [0.5, 0.6) is 0 Å². The van der Waals surface area contributed by atoms with Crippen molar-refractivity contribution in [2.24, 2.45) is 11.1 Å². The Bertz CT molecular complexity index is 454. The number of pyridine rings is 1. The number of nitrogens with two attached hydrogens (primary N) is 1. The number of aryl methyl sites for hydroxylation is 1. The minimum atomic E-state index is -0.138. The summed E-state index contributed by atoms with van der Waals surface area (Å²) in [5, 5.41) is 3.23. The molecule has 1 rings (SSSR count). The van der Waals surface area contributed by atoms with Gasteiger partial charge in [0.15, 0.2) is 0 Å². The number of amides is 1. The lowest BCUT2D eigenvalue weighted by Crippen LogP contribution is -2.31. The third-order valence-corrected chi connectivity index (χ3v) is 3.02. The summed E-state index contributed by atoms with van der Waals surface area (Å²) in [6.07, 6.45) is 2.65. The van der Waals surface area contributed by atoms with E-state index in [1.165, 1.54) is 0 Å². The van der Waals surface area contributed by atoms with Gasteiger partial charge in [0.2, 0.25) is 5.91 Å². The Kier molecular flexibility index (Phi) is 5.32. The van der Waals surface area contributed by atoms with E-state index >= 15 is 0 Å². The van der Waals surface area contributed by atoms with Crippen LogP contribution >= 0.6 is 11.6 Å². The van der Waals surface area contributed by atoms with Crippen LogP contribution in [0.3, 0.4) is 0 Å². The van der Waals surface area contributed by atoms with Crippen LogP contribution in [-0.4, -0.2) is 16.9 Å². The van der Waals surface area contributed by atoms with Gasteiger partial charge in [-0.3, -0.25) is 4.79 Å². The molecule has 4 nitrogen and oxygen atoms in total. The van der Waals surface area contributed by atoms with Gasteiger partial charge in [-0.1, -0.05) is 32.4 Å². The molecule has 1 unspecified atom stereocenters. The highest BCUT2D eigenvalue weighted by Crippen LogP contribution is 2.21. The summed E-state index contributed by atoms with van der Waals surface area (Å²) in [6.45, 7) is 8.17. The average molecular weight is 284 g/mol. The van der Waals surface area contributed by atoms with Crippen LogP contribution in [0.25, 0.3) is 0 Å². The molecule has 1 aromatic rings. The number of hydrogen-bond donors (Lipinski definition) is 2. The fraction of sp³-hybridized carbons (Fsp3) is 0.571. The maximum absolute atomic E-state index is 11.9. The number of nitrogens with one attached hydrogen (secondary N) is 1. The molecule has 0 bridgehead atoms. The molecule has 1 amide bonds. The van der Waals surface area contributed by atoms with Gasteiger partial charge in [-0.2, -0.15) is 0 Å². The molecule has 1 atom stereocenters. The summed E-state index contributed by atoms with van der Waals surface area (Å²) in [5.41, 5.74) is 7.57. The van der Waals surface area contributed by atoms with Crippen LogP contribution in [0.15, 0.2) is 12.3 Å². The van der Waals surface area contributed by atoms with E-state index in [9.17, 15) is 4.79 Å². The van der Waals surface area contributed by atoms with Crippen molar-refractivity contribution in [2.75, 3.05) is 5.32 Å². The summed E-state index contributed by atoms with van der Waals surface area (Å²) in [6, 6.07) is 1.66. The molecule has 0 aliphatic rings. The van der Waals surface area contributed by atoms with Gasteiger partial charge in [0.05, 0.1) is 11.9 Å². The number of carbonyl (C=O) groups excluding carboxylic acids is 1. The third-order valence-electron chi connectivity index (χ3n) is 2.62. The van der Waals surface area contributed by atoms with E-state index in [2.05, 4.69) is 31.1 Å². The highest BCUT2D eigenvalue weighted by atomic mass is 35.5. The van der Waals surface area contributed by atoms with Crippen molar-refractivity contribution >= 4 is 23.2 Å². The second-order valence-corrected chi connectivity index (χ2v) is 6.47. The molecule has 1 heterocycles. The number of anilines is 1. The predicted molar refractivity (Wildman–Crippen MR) is 79.3 cm³/mol. The van der Waals surface area contributed by atoms with E-state index in [1.54, 1.807) is 12.3 Å². The van der Waals surface area contributed by atoms with Gasteiger partial charge in [0.25, 0.3) is 0 Å². The van der Waals surface area contributed by atoms with Crippen molar-refractivity contribution in [2.45, 2.75) is 46.6 Å². The van der Waals surface area contributed by atoms with E-state index in [0.717, 1.165) is 12.0 Å². The Morgan fingerprint density at radius 2 is 2.16 bits per heavy atom. The van der Waals surface area contributed by atoms with Gasteiger partial charge in [0.1, 0.15) is 5.15 Å². The first kappa shape index (κ1) is 15.9. The average Bonchev–Trinajstić information content (AvgIpc) is 2.20. The second kappa shape index (κ2) is 6.35. The molecule has 0 spiro atoms. The van der Waals surface area contributed by atoms with Crippen LogP contribution < -0.4 is 11.1 Å². The van der Waals surface area contributed by atoms with E-state index in [4.69, 9.17) is 17.3 Å². The van der Waals surface area contributed by atoms with Crippen molar-refractivity contribution in [3.8, 4) is 0 Å². The fourth-order valence-electron chi connectivity index (χ4n) is 1.94. The van der Waals surface area contributed by atoms with Crippen LogP contribution in [-0.2, 0) is 4.79 Å². The van der Waals surface area contributed by atoms with Crippen molar-refractivity contribution in [3.05, 3.63) is 23.0 Å². The quantitative estimate of drug-likeness (QED) is 0.834. The van der Waals surface area contributed by atoms with Crippen molar-refractivity contribution < 1.29 is 4.79 Å². The molecule has 1 aromatic heterocycles.